The monoisotopic (exact) mass is 270 g/mol. The van der Waals surface area contributed by atoms with Crippen LogP contribution in [0.4, 0.5) is 0 Å². The molecule has 1 N–H and O–H groups in total. The number of fused-ring (bicyclic) bond motifs is 1. The molecule has 2 aromatic heterocycles. The van der Waals surface area contributed by atoms with Crippen LogP contribution in [-0.2, 0) is 6.61 Å². The van der Waals surface area contributed by atoms with E-state index in [0.29, 0.717) is 5.02 Å². The van der Waals surface area contributed by atoms with Crippen molar-refractivity contribution < 1.29 is 5.11 Å². The molecule has 0 aliphatic rings. The third-order valence-electron chi connectivity index (χ3n) is 2.99. The van der Waals surface area contributed by atoms with Crippen LogP contribution >= 0.6 is 11.6 Å². The van der Waals surface area contributed by atoms with E-state index in [1.165, 1.54) is 0 Å². The number of halogens is 1. The third kappa shape index (κ3) is 2.30. The number of rotatable bonds is 2. The van der Waals surface area contributed by atoms with E-state index in [4.69, 9.17) is 16.7 Å². The predicted octanol–water partition coefficient (Wildman–Crippen LogP) is 3.44. The zero-order chi connectivity index (χ0) is 13.2. The van der Waals surface area contributed by atoms with Crippen molar-refractivity contribution in [2.45, 2.75) is 6.61 Å². The van der Waals surface area contributed by atoms with Crippen LogP contribution in [0.15, 0.2) is 48.8 Å². The Morgan fingerprint density at radius 1 is 1.11 bits per heavy atom. The van der Waals surface area contributed by atoms with Gasteiger partial charge in [0.15, 0.2) is 0 Å². The molecule has 0 amide bonds. The van der Waals surface area contributed by atoms with Crippen molar-refractivity contribution in [1.82, 2.24) is 9.97 Å². The van der Waals surface area contributed by atoms with Crippen molar-refractivity contribution in [3.63, 3.8) is 0 Å². The third-order valence-corrected chi connectivity index (χ3v) is 3.30. The summed E-state index contributed by atoms with van der Waals surface area (Å²) in [5.74, 6) is 0. The highest BCUT2D eigenvalue weighted by atomic mass is 35.5. The molecule has 2 heterocycles. The van der Waals surface area contributed by atoms with Crippen molar-refractivity contribution in [3.8, 4) is 11.3 Å². The van der Waals surface area contributed by atoms with Crippen LogP contribution < -0.4 is 0 Å². The van der Waals surface area contributed by atoms with Gasteiger partial charge in [-0.25, -0.2) is 4.98 Å². The van der Waals surface area contributed by atoms with Crippen molar-refractivity contribution >= 4 is 22.5 Å². The van der Waals surface area contributed by atoms with E-state index in [-0.39, 0.29) is 6.61 Å². The van der Waals surface area contributed by atoms with Gasteiger partial charge in [0.25, 0.3) is 0 Å². The molecule has 19 heavy (non-hydrogen) atoms. The van der Waals surface area contributed by atoms with E-state index in [1.807, 2.05) is 36.4 Å². The summed E-state index contributed by atoms with van der Waals surface area (Å²) in [6.45, 7) is 0.0395. The molecular formula is C15H11ClN2O. The molecule has 3 aromatic rings. The van der Waals surface area contributed by atoms with Gasteiger partial charge >= 0.3 is 0 Å². The zero-order valence-corrected chi connectivity index (χ0v) is 10.8. The number of aromatic nitrogens is 2. The van der Waals surface area contributed by atoms with Gasteiger partial charge in [-0.3, -0.25) is 4.98 Å². The minimum absolute atomic E-state index is 0.0395. The number of hydrogen-bond acceptors (Lipinski definition) is 3. The molecular weight excluding hydrogens is 260 g/mol. The summed E-state index contributed by atoms with van der Waals surface area (Å²) in [7, 11) is 0. The molecule has 1 aromatic carbocycles. The summed E-state index contributed by atoms with van der Waals surface area (Å²) in [6, 6.07) is 11.3. The van der Waals surface area contributed by atoms with Crippen LogP contribution in [0.2, 0.25) is 5.02 Å². The zero-order valence-electron chi connectivity index (χ0n) is 10.0. The smallest absolute Gasteiger partial charge is 0.0755 e. The van der Waals surface area contributed by atoms with Crippen molar-refractivity contribution in [2.24, 2.45) is 0 Å². The Balaban J connectivity index is 2.14. The maximum absolute atomic E-state index is 9.04. The molecule has 0 spiro atoms. The fourth-order valence-corrected chi connectivity index (χ4v) is 2.21. The molecule has 0 atom stereocenters. The van der Waals surface area contributed by atoms with Gasteiger partial charge in [0.1, 0.15) is 0 Å². The Morgan fingerprint density at radius 2 is 1.89 bits per heavy atom. The highest BCUT2D eigenvalue weighted by Crippen LogP contribution is 2.27. The van der Waals surface area contributed by atoms with E-state index in [2.05, 4.69) is 9.97 Å². The minimum Gasteiger partial charge on any atom is -0.392 e. The largest absolute Gasteiger partial charge is 0.392 e. The minimum atomic E-state index is 0.0395. The molecule has 94 valence electrons. The lowest BCUT2D eigenvalue weighted by Gasteiger charge is -2.06. The first kappa shape index (κ1) is 12.1. The topological polar surface area (TPSA) is 46.0 Å². The van der Waals surface area contributed by atoms with Crippen LogP contribution in [-0.4, -0.2) is 15.1 Å². The van der Waals surface area contributed by atoms with Gasteiger partial charge in [0.2, 0.25) is 0 Å². The summed E-state index contributed by atoms with van der Waals surface area (Å²) in [6.07, 6.45) is 3.41. The SMILES string of the molecule is OCc1ccc(-c2cc(Cl)c3cnccc3n2)cc1. The molecule has 4 heteroatoms. The molecule has 3 nitrogen and oxygen atoms in total. The molecule has 0 fully saturated rings. The van der Waals surface area contributed by atoms with Gasteiger partial charge in [-0.1, -0.05) is 35.9 Å². The lowest BCUT2D eigenvalue weighted by Crippen LogP contribution is -1.88. The van der Waals surface area contributed by atoms with E-state index >= 15 is 0 Å². The number of hydrogen-bond donors (Lipinski definition) is 1. The van der Waals surface area contributed by atoms with Gasteiger partial charge in [0.05, 0.1) is 22.8 Å². The summed E-state index contributed by atoms with van der Waals surface area (Å²) in [5, 5.41) is 10.5. The van der Waals surface area contributed by atoms with Crippen molar-refractivity contribution in [3.05, 3.63) is 59.4 Å². The van der Waals surface area contributed by atoms with E-state index in [9.17, 15) is 0 Å². The average molecular weight is 271 g/mol. The maximum Gasteiger partial charge on any atom is 0.0755 e. The highest BCUT2D eigenvalue weighted by molar-refractivity contribution is 6.35. The number of pyridine rings is 2. The molecule has 0 saturated carbocycles. The Labute approximate surface area is 115 Å². The second-order valence-electron chi connectivity index (χ2n) is 4.24. The van der Waals surface area contributed by atoms with E-state index in [1.54, 1.807) is 12.4 Å². The Morgan fingerprint density at radius 3 is 2.63 bits per heavy atom. The van der Waals surface area contributed by atoms with Crippen LogP contribution in [0, 0.1) is 0 Å². The molecule has 0 saturated heterocycles. The standard InChI is InChI=1S/C15H11ClN2O/c16-13-7-15(11-3-1-10(9-19)2-4-11)18-14-5-6-17-8-12(13)14/h1-8,19H,9H2. The number of aliphatic hydroxyl groups excluding tert-OH is 1. The van der Waals surface area contributed by atoms with Crippen LogP contribution in [0.25, 0.3) is 22.2 Å². The number of benzene rings is 1. The summed E-state index contributed by atoms with van der Waals surface area (Å²) >= 11 is 6.25. The number of nitrogens with zero attached hydrogens (tertiary/aromatic N) is 2. The molecule has 0 radical (unpaired) electrons. The fourth-order valence-electron chi connectivity index (χ4n) is 1.96. The average Bonchev–Trinajstić information content (AvgIpc) is 2.47. The van der Waals surface area contributed by atoms with E-state index < -0.39 is 0 Å². The lowest BCUT2D eigenvalue weighted by molar-refractivity contribution is 0.282. The predicted molar refractivity (Wildman–Crippen MR) is 75.9 cm³/mol. The van der Waals surface area contributed by atoms with Gasteiger partial charge < -0.3 is 5.11 Å². The molecule has 0 unspecified atom stereocenters. The maximum atomic E-state index is 9.04. The lowest BCUT2D eigenvalue weighted by atomic mass is 10.1. The first-order chi connectivity index (χ1) is 9.28. The van der Waals surface area contributed by atoms with E-state index in [0.717, 1.165) is 27.7 Å². The fraction of sp³-hybridized carbons (Fsp3) is 0.0667. The first-order valence-corrected chi connectivity index (χ1v) is 6.26. The van der Waals surface area contributed by atoms with Crippen LogP contribution in [0.1, 0.15) is 5.56 Å². The van der Waals surface area contributed by atoms with Crippen LogP contribution in [0.5, 0.6) is 0 Å². The quantitative estimate of drug-likeness (QED) is 0.776. The summed E-state index contributed by atoms with van der Waals surface area (Å²) in [4.78, 5) is 8.62. The molecule has 0 aliphatic heterocycles. The van der Waals surface area contributed by atoms with Gasteiger partial charge in [-0.05, 0) is 17.7 Å². The Hall–Kier alpha value is -1.97. The molecule has 0 aliphatic carbocycles. The summed E-state index contributed by atoms with van der Waals surface area (Å²) < 4.78 is 0. The first-order valence-electron chi connectivity index (χ1n) is 5.88. The number of aliphatic hydroxyl groups is 1. The van der Waals surface area contributed by atoms with Crippen molar-refractivity contribution in [1.29, 1.82) is 0 Å². The second-order valence-corrected chi connectivity index (χ2v) is 4.64. The Kier molecular flexibility index (Phi) is 3.15. The Bertz CT molecular complexity index is 726. The highest BCUT2D eigenvalue weighted by Gasteiger charge is 2.06. The van der Waals surface area contributed by atoms with Gasteiger partial charge in [-0.15, -0.1) is 0 Å². The van der Waals surface area contributed by atoms with Gasteiger partial charge in [0, 0.05) is 23.3 Å². The molecule has 0 bridgehead atoms. The van der Waals surface area contributed by atoms with Gasteiger partial charge in [-0.2, -0.15) is 0 Å². The van der Waals surface area contributed by atoms with Crippen molar-refractivity contribution in [2.75, 3.05) is 0 Å². The normalized spacial score (nSPS) is 10.8. The molecule has 3 rings (SSSR count). The summed E-state index contributed by atoms with van der Waals surface area (Å²) in [5.41, 5.74) is 3.48. The van der Waals surface area contributed by atoms with Crippen LogP contribution in [0.3, 0.4) is 0 Å². The second kappa shape index (κ2) is 4.96.